The summed E-state index contributed by atoms with van der Waals surface area (Å²) < 4.78 is 51.0. The highest BCUT2D eigenvalue weighted by molar-refractivity contribution is 9.10. The molecule has 234 valence electrons. The van der Waals surface area contributed by atoms with Gasteiger partial charge >= 0.3 is 6.18 Å². The first-order valence-electron chi connectivity index (χ1n) is 14.1. The van der Waals surface area contributed by atoms with Gasteiger partial charge in [0.05, 0.1) is 52.6 Å². The third kappa shape index (κ3) is 5.35. The number of hydrogen-bond acceptors (Lipinski definition) is 6. The molecule has 0 aliphatic carbocycles. The lowest BCUT2D eigenvalue weighted by Gasteiger charge is -2.34. The summed E-state index contributed by atoms with van der Waals surface area (Å²) in [5.41, 5.74) is 2.82. The monoisotopic (exact) mass is 683 g/mol. The Morgan fingerprint density at radius 1 is 1.16 bits per heavy atom. The van der Waals surface area contributed by atoms with E-state index in [9.17, 15) is 22.8 Å². The number of carbonyl (C=O) groups is 1. The van der Waals surface area contributed by atoms with E-state index in [0.717, 1.165) is 11.6 Å². The molecule has 0 saturated heterocycles. The molecule has 0 saturated carbocycles. The Hall–Kier alpha value is -4.30. The predicted molar refractivity (Wildman–Crippen MR) is 164 cm³/mol. The lowest BCUT2D eigenvalue weighted by atomic mass is 9.98. The molecule has 0 spiro atoms. The summed E-state index contributed by atoms with van der Waals surface area (Å²) in [7, 11) is 3.45. The molecule has 0 fully saturated rings. The number of benzene rings is 2. The Labute approximate surface area is 264 Å². The molecule has 14 heteroatoms. The molecule has 10 nitrogen and oxygen atoms in total. The van der Waals surface area contributed by atoms with E-state index >= 15 is 0 Å². The van der Waals surface area contributed by atoms with Crippen molar-refractivity contribution in [1.29, 1.82) is 0 Å². The van der Waals surface area contributed by atoms with Crippen LogP contribution in [0.1, 0.15) is 58.5 Å². The van der Waals surface area contributed by atoms with Crippen molar-refractivity contribution in [2.45, 2.75) is 52.1 Å². The summed E-state index contributed by atoms with van der Waals surface area (Å²) in [5, 5.41) is 4.71. The van der Waals surface area contributed by atoms with Crippen LogP contribution in [0, 0.1) is 6.92 Å². The zero-order valence-electron chi connectivity index (χ0n) is 25.1. The Morgan fingerprint density at radius 2 is 1.91 bits per heavy atom. The molecular formula is C31H29BrF3N7O3. The highest BCUT2D eigenvalue weighted by Crippen LogP contribution is 2.36. The molecule has 45 heavy (non-hydrogen) atoms. The quantitative estimate of drug-likeness (QED) is 0.236. The summed E-state index contributed by atoms with van der Waals surface area (Å²) in [6, 6.07) is 10.2. The van der Waals surface area contributed by atoms with Crippen LogP contribution >= 0.6 is 15.9 Å². The van der Waals surface area contributed by atoms with Crippen LogP contribution in [0.25, 0.3) is 22.7 Å². The van der Waals surface area contributed by atoms with Crippen molar-refractivity contribution in [3.63, 3.8) is 0 Å². The maximum atomic E-state index is 14.3. The van der Waals surface area contributed by atoms with Crippen molar-refractivity contribution in [2.75, 3.05) is 7.11 Å². The number of hydrogen-bond donors (Lipinski definition) is 0. The zero-order chi connectivity index (χ0) is 32.4. The van der Waals surface area contributed by atoms with Crippen LogP contribution in [0.3, 0.4) is 0 Å². The Balaban J connectivity index is 1.50. The Kier molecular flexibility index (Phi) is 7.68. The molecular weight excluding hydrogens is 655 g/mol. The van der Waals surface area contributed by atoms with Crippen LogP contribution in [0.4, 0.5) is 13.2 Å². The summed E-state index contributed by atoms with van der Waals surface area (Å²) in [5.74, 6) is -0.392. The summed E-state index contributed by atoms with van der Waals surface area (Å²) in [4.78, 5) is 38.8. The second-order valence-electron chi connectivity index (χ2n) is 11.2. The number of imidazole rings is 1. The average molecular weight is 685 g/mol. The number of rotatable bonds is 5. The molecule has 3 aromatic heterocycles. The highest BCUT2D eigenvalue weighted by atomic mass is 79.9. The minimum absolute atomic E-state index is 0.0727. The Bertz CT molecular complexity index is 2030. The fourth-order valence-electron chi connectivity index (χ4n) is 5.62. The van der Waals surface area contributed by atoms with Gasteiger partial charge in [0.15, 0.2) is 0 Å². The number of carbonyl (C=O) groups excluding carboxylic acids is 1. The smallest absolute Gasteiger partial charge is 0.375 e. The van der Waals surface area contributed by atoms with Gasteiger partial charge in [-0.2, -0.15) is 18.3 Å². The van der Waals surface area contributed by atoms with E-state index in [1.807, 2.05) is 43.7 Å². The number of halogens is 4. The molecule has 5 aromatic rings. The second-order valence-corrected chi connectivity index (χ2v) is 12.0. The van der Waals surface area contributed by atoms with Gasteiger partial charge in [-0.1, -0.05) is 15.9 Å². The number of fused-ring (bicyclic) bond motifs is 2. The summed E-state index contributed by atoms with van der Waals surface area (Å²) in [6.45, 7) is 5.38. The summed E-state index contributed by atoms with van der Waals surface area (Å²) in [6.07, 6.45) is -3.12. The minimum Gasteiger partial charge on any atom is -0.375 e. The molecule has 4 heterocycles. The molecule has 0 bridgehead atoms. The predicted octanol–water partition coefficient (Wildman–Crippen LogP) is 5.69. The molecule has 2 unspecified atom stereocenters. The number of amides is 1. The number of aromatic nitrogens is 6. The van der Waals surface area contributed by atoms with Gasteiger partial charge in [-0.3, -0.25) is 9.59 Å². The average Bonchev–Trinajstić information content (AvgIpc) is 3.57. The van der Waals surface area contributed by atoms with Gasteiger partial charge in [-0.25, -0.2) is 19.2 Å². The maximum absolute atomic E-state index is 14.3. The number of nitrogens with zero attached hydrogens (tertiary/aromatic N) is 7. The largest absolute Gasteiger partial charge is 0.417 e. The van der Waals surface area contributed by atoms with Crippen molar-refractivity contribution in [3.8, 4) is 11.6 Å². The van der Waals surface area contributed by atoms with Crippen LogP contribution in [0.5, 0.6) is 0 Å². The van der Waals surface area contributed by atoms with Crippen molar-refractivity contribution in [2.24, 2.45) is 7.05 Å². The zero-order valence-corrected chi connectivity index (χ0v) is 26.6. The van der Waals surface area contributed by atoms with E-state index < -0.39 is 23.7 Å². The summed E-state index contributed by atoms with van der Waals surface area (Å²) >= 11 is 2.93. The van der Waals surface area contributed by atoms with E-state index in [1.165, 1.54) is 21.6 Å². The van der Waals surface area contributed by atoms with Crippen LogP contribution < -0.4 is 5.56 Å². The standard InChI is InChI=1S/C31H29BrF3N7O3/c1-16-10-21-26(14-40(16)28(43)19-6-8-23(32)22(12-19)31(33,34)35)37-30(42-17(2)11-24(38-42)18(3)45-5)41(29(21)44)20-7-9-27-25(13-20)36-15-39(27)4/h6-9,11-13,15-16,18H,10,14H2,1-5H3. The number of aryl methyl sites for hydroxylation is 2. The van der Waals surface area contributed by atoms with E-state index in [2.05, 4.69) is 20.9 Å². The van der Waals surface area contributed by atoms with Crippen LogP contribution in [0.15, 0.2) is 58.1 Å². The van der Waals surface area contributed by atoms with E-state index in [4.69, 9.17) is 14.8 Å². The number of ether oxygens (including phenoxy) is 1. The topological polar surface area (TPSA) is 100 Å². The van der Waals surface area contributed by atoms with Gasteiger partial charge in [0, 0.05) is 41.5 Å². The third-order valence-corrected chi connectivity index (χ3v) is 8.90. The van der Waals surface area contributed by atoms with Gasteiger partial charge in [0.1, 0.15) is 0 Å². The normalized spacial score (nSPS) is 15.8. The number of alkyl halides is 3. The van der Waals surface area contributed by atoms with Crippen molar-refractivity contribution in [3.05, 3.63) is 97.4 Å². The molecule has 2 atom stereocenters. The molecule has 0 N–H and O–H groups in total. The van der Waals surface area contributed by atoms with Crippen molar-refractivity contribution < 1.29 is 22.7 Å². The molecule has 1 amide bonds. The van der Waals surface area contributed by atoms with Crippen LogP contribution in [-0.2, 0) is 30.9 Å². The maximum Gasteiger partial charge on any atom is 0.417 e. The van der Waals surface area contributed by atoms with Crippen LogP contribution in [-0.4, -0.2) is 52.8 Å². The second kappa shape index (κ2) is 11.2. The fraction of sp³-hybridized carbons (Fsp3) is 0.323. The highest BCUT2D eigenvalue weighted by Gasteiger charge is 2.36. The van der Waals surface area contributed by atoms with E-state index in [0.29, 0.717) is 33.8 Å². The molecule has 1 aliphatic heterocycles. The van der Waals surface area contributed by atoms with E-state index in [-0.39, 0.29) is 40.6 Å². The first-order chi connectivity index (χ1) is 21.3. The van der Waals surface area contributed by atoms with Crippen molar-refractivity contribution >= 4 is 32.9 Å². The van der Waals surface area contributed by atoms with Crippen LogP contribution in [0.2, 0.25) is 0 Å². The van der Waals surface area contributed by atoms with Gasteiger partial charge in [-0.15, -0.1) is 0 Å². The lowest BCUT2D eigenvalue weighted by molar-refractivity contribution is -0.138. The fourth-order valence-corrected chi connectivity index (χ4v) is 6.09. The first-order valence-corrected chi connectivity index (χ1v) is 14.9. The molecule has 6 rings (SSSR count). The Morgan fingerprint density at radius 3 is 2.62 bits per heavy atom. The molecule has 1 aliphatic rings. The van der Waals surface area contributed by atoms with Gasteiger partial charge in [0.25, 0.3) is 11.5 Å². The minimum atomic E-state index is -4.64. The van der Waals surface area contributed by atoms with Gasteiger partial charge in [0.2, 0.25) is 5.95 Å². The molecule has 2 aromatic carbocycles. The molecule has 0 radical (unpaired) electrons. The number of methoxy groups -OCH3 is 1. The van der Waals surface area contributed by atoms with Gasteiger partial charge < -0.3 is 14.2 Å². The lowest BCUT2D eigenvalue weighted by Crippen LogP contribution is -2.46. The SMILES string of the molecule is COC(C)c1cc(C)n(-c2nc3c(c(=O)n2-c2ccc4c(c2)ncn4C)CC(C)N(C(=O)c2ccc(Br)c(C(F)(F)F)c2)C3)n1. The third-order valence-electron chi connectivity index (χ3n) is 8.21. The first kappa shape index (κ1) is 30.7. The van der Waals surface area contributed by atoms with E-state index in [1.54, 1.807) is 31.1 Å². The van der Waals surface area contributed by atoms with Gasteiger partial charge in [-0.05, 0) is 69.7 Å². The van der Waals surface area contributed by atoms with Crippen molar-refractivity contribution in [1.82, 2.24) is 33.8 Å².